The third kappa shape index (κ3) is 3.98. The Balaban J connectivity index is 1.62. The second kappa shape index (κ2) is 9.22. The highest BCUT2D eigenvalue weighted by Crippen LogP contribution is 2.44. The van der Waals surface area contributed by atoms with Crippen molar-refractivity contribution in [3.05, 3.63) is 82.9 Å². The highest BCUT2D eigenvalue weighted by atomic mass is 32.1. The lowest BCUT2D eigenvalue weighted by molar-refractivity contribution is 0.0697. The molecule has 0 bridgehead atoms. The third-order valence-corrected chi connectivity index (χ3v) is 7.57. The van der Waals surface area contributed by atoms with Crippen LogP contribution in [0, 0.1) is 13.8 Å². The zero-order valence-electron chi connectivity index (χ0n) is 19.6. The van der Waals surface area contributed by atoms with E-state index in [2.05, 4.69) is 45.7 Å². The predicted molar refractivity (Wildman–Crippen MR) is 136 cm³/mol. The summed E-state index contributed by atoms with van der Waals surface area (Å²) in [7, 11) is 0. The Kier molecular flexibility index (Phi) is 6.13. The molecule has 2 aliphatic rings. The van der Waals surface area contributed by atoms with Crippen molar-refractivity contribution in [1.29, 1.82) is 0 Å². The van der Waals surface area contributed by atoms with Crippen molar-refractivity contribution in [2.75, 3.05) is 0 Å². The Morgan fingerprint density at radius 2 is 1.88 bits per heavy atom. The standard InChI is InChI=1S/C27H30N4O2S/c1-17-15-22(18(2)30(17)21-12-8-9-19(16-21)26(32)33)25-24(23-13-6-7-14-28-23)29-27(34)31(25)20-10-4-3-5-11-20/h6-9,12-16,20,24-25H,3-5,10-11H2,1-2H3,(H,29,34)(H,32,33)/t24-,25+/m0/s1. The van der Waals surface area contributed by atoms with Crippen molar-refractivity contribution >= 4 is 23.3 Å². The summed E-state index contributed by atoms with van der Waals surface area (Å²) in [6.45, 7) is 4.19. The number of aryl methyl sites for hydroxylation is 1. The second-order valence-electron chi connectivity index (χ2n) is 9.34. The second-order valence-corrected chi connectivity index (χ2v) is 9.73. The molecule has 0 amide bonds. The summed E-state index contributed by atoms with van der Waals surface area (Å²) in [6, 6.07) is 15.8. The van der Waals surface area contributed by atoms with Gasteiger partial charge in [-0.25, -0.2) is 4.79 Å². The summed E-state index contributed by atoms with van der Waals surface area (Å²) in [5, 5.41) is 13.9. The van der Waals surface area contributed by atoms with Gasteiger partial charge in [-0.05, 0) is 80.9 Å². The fourth-order valence-corrected chi connectivity index (χ4v) is 6.10. The number of aromatic nitrogens is 2. The molecule has 2 aromatic heterocycles. The molecule has 176 valence electrons. The van der Waals surface area contributed by atoms with E-state index in [1.54, 1.807) is 18.2 Å². The lowest BCUT2D eigenvalue weighted by Crippen LogP contribution is -2.40. The van der Waals surface area contributed by atoms with Gasteiger partial charge in [0.2, 0.25) is 0 Å². The van der Waals surface area contributed by atoms with Crippen LogP contribution < -0.4 is 5.32 Å². The van der Waals surface area contributed by atoms with Crippen LogP contribution in [-0.2, 0) is 0 Å². The molecule has 1 aromatic carbocycles. The smallest absolute Gasteiger partial charge is 0.335 e. The number of rotatable bonds is 5. The molecule has 6 nitrogen and oxygen atoms in total. The molecule has 1 saturated carbocycles. The number of hydrogen-bond acceptors (Lipinski definition) is 3. The minimum atomic E-state index is -0.923. The summed E-state index contributed by atoms with van der Waals surface area (Å²) >= 11 is 5.91. The minimum Gasteiger partial charge on any atom is -0.478 e. The fraction of sp³-hybridized carbons (Fsp3) is 0.370. The summed E-state index contributed by atoms with van der Waals surface area (Å²) in [5.74, 6) is -0.923. The van der Waals surface area contributed by atoms with Crippen LogP contribution >= 0.6 is 12.2 Å². The molecular formula is C27H30N4O2S. The average molecular weight is 475 g/mol. The van der Waals surface area contributed by atoms with Gasteiger partial charge in [-0.3, -0.25) is 4.98 Å². The van der Waals surface area contributed by atoms with Gasteiger partial charge in [0.15, 0.2) is 5.11 Å². The highest BCUT2D eigenvalue weighted by molar-refractivity contribution is 7.80. The Morgan fingerprint density at radius 3 is 2.59 bits per heavy atom. The van der Waals surface area contributed by atoms with Gasteiger partial charge in [0.1, 0.15) is 0 Å². The van der Waals surface area contributed by atoms with Crippen LogP contribution in [0.5, 0.6) is 0 Å². The van der Waals surface area contributed by atoms with Crippen LogP contribution in [0.4, 0.5) is 0 Å². The number of aromatic carboxylic acids is 1. The van der Waals surface area contributed by atoms with E-state index in [9.17, 15) is 9.90 Å². The van der Waals surface area contributed by atoms with Crippen molar-refractivity contribution in [1.82, 2.24) is 19.8 Å². The van der Waals surface area contributed by atoms with Crippen LogP contribution in [0.25, 0.3) is 5.69 Å². The number of hydrogen-bond donors (Lipinski definition) is 2. The number of benzene rings is 1. The van der Waals surface area contributed by atoms with E-state index in [0.29, 0.717) is 6.04 Å². The molecule has 34 heavy (non-hydrogen) atoms. The van der Waals surface area contributed by atoms with Gasteiger partial charge < -0.3 is 19.9 Å². The van der Waals surface area contributed by atoms with E-state index < -0.39 is 5.97 Å². The summed E-state index contributed by atoms with van der Waals surface area (Å²) in [5.41, 5.74) is 5.48. The monoisotopic (exact) mass is 474 g/mol. The molecular weight excluding hydrogens is 444 g/mol. The van der Waals surface area contributed by atoms with Gasteiger partial charge >= 0.3 is 5.97 Å². The number of nitrogens with zero attached hydrogens (tertiary/aromatic N) is 3. The molecule has 5 rings (SSSR count). The van der Waals surface area contributed by atoms with Gasteiger partial charge in [0.25, 0.3) is 0 Å². The first kappa shape index (κ1) is 22.6. The van der Waals surface area contributed by atoms with Gasteiger partial charge in [0, 0.05) is 29.3 Å². The SMILES string of the molecule is Cc1cc([C@@H]2[C@H](c3ccccn3)NC(=S)N2C2CCCCC2)c(C)n1-c1cccc(C(=O)O)c1. The van der Waals surface area contributed by atoms with E-state index >= 15 is 0 Å². The van der Waals surface area contributed by atoms with Crippen LogP contribution in [0.1, 0.15) is 77.2 Å². The predicted octanol–water partition coefficient (Wildman–Crippen LogP) is 5.49. The molecule has 2 atom stereocenters. The Labute approximate surface area is 205 Å². The van der Waals surface area contributed by atoms with Crippen LogP contribution in [0.3, 0.4) is 0 Å². The van der Waals surface area contributed by atoms with E-state index in [1.165, 1.54) is 24.8 Å². The Hall–Kier alpha value is -3.19. The molecule has 0 radical (unpaired) electrons. The van der Waals surface area contributed by atoms with Crippen LogP contribution in [0.2, 0.25) is 0 Å². The maximum absolute atomic E-state index is 11.6. The molecule has 7 heteroatoms. The maximum Gasteiger partial charge on any atom is 0.335 e. The molecule has 2 N–H and O–H groups in total. The molecule has 1 aliphatic carbocycles. The first-order valence-corrected chi connectivity index (χ1v) is 12.4. The van der Waals surface area contributed by atoms with Gasteiger partial charge in [-0.1, -0.05) is 31.4 Å². The topological polar surface area (TPSA) is 70.4 Å². The van der Waals surface area contributed by atoms with Crippen LogP contribution in [0.15, 0.2) is 54.7 Å². The average Bonchev–Trinajstić information content (AvgIpc) is 3.35. The first-order valence-electron chi connectivity index (χ1n) is 12.0. The molecule has 0 spiro atoms. The van der Waals surface area contributed by atoms with Crippen molar-refractivity contribution in [3.63, 3.8) is 0 Å². The van der Waals surface area contributed by atoms with Gasteiger partial charge in [-0.2, -0.15) is 0 Å². The minimum absolute atomic E-state index is 0.0214. The van der Waals surface area contributed by atoms with Crippen LogP contribution in [-0.4, -0.2) is 36.7 Å². The number of pyridine rings is 1. The summed E-state index contributed by atoms with van der Waals surface area (Å²) in [6.07, 6.45) is 7.87. The Bertz CT molecular complexity index is 1220. The molecule has 1 aliphatic heterocycles. The summed E-state index contributed by atoms with van der Waals surface area (Å²) < 4.78 is 2.15. The number of carboxylic acids is 1. The van der Waals surface area contributed by atoms with Crippen molar-refractivity contribution in [2.24, 2.45) is 0 Å². The zero-order chi connectivity index (χ0) is 23.8. The first-order chi connectivity index (χ1) is 16.5. The molecule has 1 saturated heterocycles. The molecule has 3 aromatic rings. The van der Waals surface area contributed by atoms with Gasteiger partial charge in [0.05, 0.1) is 23.3 Å². The molecule has 2 fully saturated rings. The highest BCUT2D eigenvalue weighted by Gasteiger charge is 2.44. The normalized spacial score (nSPS) is 21.0. The maximum atomic E-state index is 11.6. The van der Waals surface area contributed by atoms with E-state index in [1.807, 2.05) is 24.4 Å². The zero-order valence-corrected chi connectivity index (χ0v) is 20.4. The number of carbonyl (C=O) groups is 1. The lowest BCUT2D eigenvalue weighted by Gasteiger charge is -2.37. The van der Waals surface area contributed by atoms with Gasteiger partial charge in [-0.15, -0.1) is 0 Å². The van der Waals surface area contributed by atoms with Crippen molar-refractivity contribution in [3.8, 4) is 5.69 Å². The molecule has 3 heterocycles. The Morgan fingerprint density at radius 1 is 1.09 bits per heavy atom. The lowest BCUT2D eigenvalue weighted by atomic mass is 9.90. The number of nitrogens with one attached hydrogen (secondary N) is 1. The number of carboxylic acid groups (broad SMARTS) is 1. The van der Waals surface area contributed by atoms with Crippen molar-refractivity contribution in [2.45, 2.75) is 64.1 Å². The van der Waals surface area contributed by atoms with E-state index in [4.69, 9.17) is 12.2 Å². The van der Waals surface area contributed by atoms with E-state index in [0.717, 1.165) is 40.7 Å². The quantitative estimate of drug-likeness (QED) is 0.477. The fourth-order valence-electron chi connectivity index (χ4n) is 5.71. The van der Waals surface area contributed by atoms with Crippen molar-refractivity contribution < 1.29 is 9.90 Å². The largest absolute Gasteiger partial charge is 0.478 e. The van der Waals surface area contributed by atoms with E-state index in [-0.39, 0.29) is 17.6 Å². The summed E-state index contributed by atoms with van der Waals surface area (Å²) in [4.78, 5) is 18.7. The molecule has 0 unspecified atom stereocenters. The third-order valence-electron chi connectivity index (χ3n) is 7.24. The number of thiocarbonyl (C=S) groups is 1.